The summed E-state index contributed by atoms with van der Waals surface area (Å²) in [5, 5.41) is 0. The first kappa shape index (κ1) is 13.8. The first-order valence-electron chi connectivity index (χ1n) is 6.58. The third-order valence-electron chi connectivity index (χ3n) is 3.33. The summed E-state index contributed by atoms with van der Waals surface area (Å²) < 4.78 is 1.50. The fourth-order valence-corrected chi connectivity index (χ4v) is 2.79. The van der Waals surface area contributed by atoms with Crippen LogP contribution >= 0.6 is 0 Å². The third-order valence-corrected chi connectivity index (χ3v) is 4.82. The summed E-state index contributed by atoms with van der Waals surface area (Å²) in [7, 11) is 0. The Balaban J connectivity index is 1.95. The van der Waals surface area contributed by atoms with Crippen molar-refractivity contribution in [2.24, 2.45) is 0 Å². The molecule has 0 fully saturated rings. The van der Waals surface area contributed by atoms with Gasteiger partial charge in [-0.25, -0.2) is 0 Å². The zero-order chi connectivity index (χ0) is 13.0. The van der Waals surface area contributed by atoms with Gasteiger partial charge in [-0.1, -0.05) is 0 Å². The maximum absolute atomic E-state index is 2.28. The number of hydrogen-bond donors (Lipinski definition) is 0. The van der Waals surface area contributed by atoms with Gasteiger partial charge in [0.05, 0.1) is 0 Å². The Kier molecular flexibility index (Phi) is 4.98. The minimum absolute atomic E-state index is 0.626. The molecule has 0 aromatic heterocycles. The number of rotatable bonds is 4. The second-order valence-electron chi connectivity index (χ2n) is 5.14. The molecular weight excluding hydrogens is 409 g/mol. The first-order valence-corrected chi connectivity index (χ1v) is 8.83. The van der Waals surface area contributed by atoms with Crippen LogP contribution in [0, 0.1) is 0 Å². The van der Waals surface area contributed by atoms with E-state index in [9.17, 15) is 0 Å². The van der Waals surface area contributed by atoms with Crippen LogP contribution in [0.3, 0.4) is 0 Å². The zero-order valence-electron chi connectivity index (χ0n) is 11.2. The quantitative estimate of drug-likeness (QED) is 0.656. The third kappa shape index (κ3) is 3.94. The summed E-state index contributed by atoms with van der Waals surface area (Å²) in [5.74, 6) is 0.626. The molecule has 2 aromatic carbocycles. The van der Waals surface area contributed by atoms with Crippen LogP contribution in [-0.4, -0.2) is 25.8 Å². The zero-order valence-corrected chi connectivity index (χ0v) is 15.7. The number of hydrogen-bond acceptors (Lipinski definition) is 0. The second kappa shape index (κ2) is 6.51. The molecule has 0 aliphatic heterocycles. The van der Waals surface area contributed by atoms with E-state index in [4.69, 9.17) is 0 Å². The molecule has 0 amide bonds. The van der Waals surface area contributed by atoms with Gasteiger partial charge in [-0.3, -0.25) is 0 Å². The molecule has 0 saturated heterocycles. The normalized spacial score (nSPS) is 10.8. The van der Waals surface area contributed by atoms with Gasteiger partial charge in [-0.05, 0) is 0 Å². The summed E-state index contributed by atoms with van der Waals surface area (Å²) in [6.07, 6.45) is 2.28. The summed E-state index contributed by atoms with van der Waals surface area (Å²) in [5.41, 5.74) is 4.32. The van der Waals surface area contributed by atoms with Gasteiger partial charge in [0.25, 0.3) is 0 Å². The van der Waals surface area contributed by atoms with Crippen molar-refractivity contribution in [3.05, 3.63) is 65.2 Å². The molecule has 0 radical (unpaired) electrons. The van der Waals surface area contributed by atoms with Crippen molar-refractivity contribution < 1.29 is 0 Å². The van der Waals surface area contributed by atoms with E-state index in [1.54, 1.807) is 0 Å². The Morgan fingerprint density at radius 2 is 1.22 bits per heavy atom. The Morgan fingerprint density at radius 1 is 0.778 bits per heavy atom. The number of aryl methyl sites for hydroxylation is 2. The summed E-state index contributed by atoms with van der Waals surface area (Å²) in [4.78, 5) is 0. The van der Waals surface area contributed by atoms with Crippen molar-refractivity contribution in [2.75, 3.05) is 0 Å². The van der Waals surface area contributed by atoms with E-state index in [2.05, 4.69) is 62.4 Å². The fourth-order valence-electron chi connectivity index (χ4n) is 2.04. The molecular formula is C17H19Tl. The molecule has 0 aliphatic carbocycles. The average Bonchev–Trinajstić information content (AvgIpc) is 2.38. The van der Waals surface area contributed by atoms with Crippen molar-refractivity contribution in [1.29, 1.82) is 0 Å². The molecule has 0 bridgehead atoms. The molecule has 0 aliphatic rings. The standard InChI is InChI=1S/C17H19.Tl/c1-14(2)17-12-10-16(11-13-17)9-8-15-6-4-3-5-7-15;/h4-7,10-14H,8-9H2,1-2H3;. The van der Waals surface area contributed by atoms with Crippen LogP contribution in [0.1, 0.15) is 36.5 Å². The van der Waals surface area contributed by atoms with Gasteiger partial charge in [-0.15, -0.1) is 0 Å². The summed E-state index contributed by atoms with van der Waals surface area (Å²) in [6, 6.07) is 18.2. The molecule has 2 aromatic rings. The molecule has 0 N–H and O–H groups in total. The molecule has 0 saturated carbocycles. The van der Waals surface area contributed by atoms with Gasteiger partial charge in [0, 0.05) is 0 Å². The van der Waals surface area contributed by atoms with Crippen molar-refractivity contribution >= 4 is 28.9 Å². The van der Waals surface area contributed by atoms with Crippen molar-refractivity contribution in [3.8, 4) is 0 Å². The van der Waals surface area contributed by atoms with Crippen LogP contribution in [0.5, 0.6) is 0 Å². The van der Waals surface area contributed by atoms with Crippen LogP contribution in [0.25, 0.3) is 0 Å². The Hall–Kier alpha value is -0.638. The van der Waals surface area contributed by atoms with E-state index in [0.29, 0.717) is 5.92 Å². The van der Waals surface area contributed by atoms with Crippen molar-refractivity contribution in [1.82, 2.24) is 0 Å². The van der Waals surface area contributed by atoms with Crippen LogP contribution in [0.4, 0.5) is 0 Å². The topological polar surface area (TPSA) is 0 Å². The van der Waals surface area contributed by atoms with Crippen LogP contribution in [0.15, 0.2) is 48.5 Å². The molecule has 2 rings (SSSR count). The maximum atomic E-state index is 2.28. The number of benzene rings is 2. The van der Waals surface area contributed by atoms with Gasteiger partial charge in [0.15, 0.2) is 0 Å². The molecule has 0 spiro atoms. The molecule has 0 heterocycles. The predicted octanol–water partition coefficient (Wildman–Crippen LogP) is 3.39. The van der Waals surface area contributed by atoms with Gasteiger partial charge in [0.2, 0.25) is 0 Å². The van der Waals surface area contributed by atoms with Gasteiger partial charge < -0.3 is 0 Å². The Labute approximate surface area is 126 Å². The van der Waals surface area contributed by atoms with Gasteiger partial charge in [0.1, 0.15) is 0 Å². The Morgan fingerprint density at radius 3 is 1.67 bits per heavy atom. The van der Waals surface area contributed by atoms with E-state index in [1.807, 2.05) is 0 Å². The molecule has 1 heteroatoms. The van der Waals surface area contributed by atoms with Crippen LogP contribution in [-0.2, 0) is 12.8 Å². The van der Waals surface area contributed by atoms with Crippen LogP contribution < -0.4 is 3.12 Å². The SMILES string of the molecule is CC(C)c1ccc(CCc2cc[c]([Tl])cc2)cc1. The van der Waals surface area contributed by atoms with Crippen LogP contribution in [0.2, 0.25) is 0 Å². The molecule has 0 unspecified atom stereocenters. The monoisotopic (exact) mass is 428 g/mol. The molecule has 0 nitrogen and oxygen atoms in total. The van der Waals surface area contributed by atoms with E-state index in [-0.39, 0.29) is 0 Å². The summed E-state index contributed by atoms with van der Waals surface area (Å²) in [6.45, 7) is 4.48. The average molecular weight is 428 g/mol. The van der Waals surface area contributed by atoms with Gasteiger partial charge >= 0.3 is 127 Å². The van der Waals surface area contributed by atoms with E-state index in [1.165, 1.54) is 19.8 Å². The van der Waals surface area contributed by atoms with E-state index >= 15 is 0 Å². The molecule has 18 heavy (non-hydrogen) atoms. The molecule has 0 atom stereocenters. The fraction of sp³-hybridized carbons (Fsp3) is 0.294. The van der Waals surface area contributed by atoms with E-state index in [0.717, 1.165) is 38.6 Å². The van der Waals surface area contributed by atoms with E-state index < -0.39 is 0 Å². The summed E-state index contributed by atoms with van der Waals surface area (Å²) >= 11 is 0.952. The minimum atomic E-state index is 0.626. The Bertz CT molecular complexity index is 480. The first-order chi connectivity index (χ1) is 8.65. The second-order valence-corrected chi connectivity index (χ2v) is 7.73. The van der Waals surface area contributed by atoms with Gasteiger partial charge in [-0.2, -0.15) is 0 Å². The predicted molar refractivity (Wildman–Crippen MR) is 79.8 cm³/mol. The molecule has 90 valence electrons. The van der Waals surface area contributed by atoms with Crippen molar-refractivity contribution in [3.63, 3.8) is 0 Å². The van der Waals surface area contributed by atoms with Crippen molar-refractivity contribution in [2.45, 2.75) is 32.6 Å².